The highest BCUT2D eigenvalue weighted by Gasteiger charge is 2.24. The van der Waals surface area contributed by atoms with E-state index in [4.69, 9.17) is 11.6 Å². The number of rotatable bonds is 7. The van der Waals surface area contributed by atoms with Crippen LogP contribution in [0.15, 0.2) is 36.4 Å². The Hall–Kier alpha value is -2.25. The second-order valence-electron chi connectivity index (χ2n) is 8.53. The van der Waals surface area contributed by atoms with Gasteiger partial charge in [-0.05, 0) is 62.1 Å². The van der Waals surface area contributed by atoms with Gasteiger partial charge in [0, 0.05) is 49.9 Å². The van der Waals surface area contributed by atoms with Crippen LogP contribution in [0.1, 0.15) is 29.5 Å². The first kappa shape index (κ1) is 24.4. The fourth-order valence-electron chi connectivity index (χ4n) is 4.11. The van der Waals surface area contributed by atoms with Crippen LogP contribution in [0.3, 0.4) is 0 Å². The molecule has 0 aromatic heterocycles. The molecule has 1 fully saturated rings. The van der Waals surface area contributed by atoms with Crippen LogP contribution in [-0.2, 0) is 14.8 Å². The lowest BCUT2D eigenvalue weighted by molar-refractivity contribution is -0.131. The van der Waals surface area contributed by atoms with E-state index in [9.17, 15) is 13.2 Å². The molecule has 3 rings (SSSR count). The Balaban J connectivity index is 1.56. The van der Waals surface area contributed by atoms with Crippen molar-refractivity contribution in [2.45, 2.75) is 33.6 Å². The molecular weight excluding hydrogens is 446 g/mol. The molecule has 2 aromatic carbocycles. The number of amides is 1. The molecule has 174 valence electrons. The number of hydrogen-bond donors (Lipinski definition) is 0. The van der Waals surface area contributed by atoms with Crippen LogP contribution in [0.2, 0.25) is 5.02 Å². The number of hydrogen-bond acceptors (Lipinski definition) is 4. The minimum absolute atomic E-state index is 0.0712. The molecule has 32 heavy (non-hydrogen) atoms. The summed E-state index contributed by atoms with van der Waals surface area (Å²) in [7, 11) is -3.43. The predicted molar refractivity (Wildman–Crippen MR) is 132 cm³/mol. The zero-order chi connectivity index (χ0) is 23.5. The van der Waals surface area contributed by atoms with E-state index in [0.717, 1.165) is 29.9 Å². The van der Waals surface area contributed by atoms with Crippen molar-refractivity contribution >= 4 is 38.9 Å². The summed E-state index contributed by atoms with van der Waals surface area (Å²) in [6.45, 7) is 9.00. The standard InChI is InChI=1S/C24H32ClN3O3S/c1-18-7-8-20(3)23(16-18)28(32(4,30)31)11-5-6-24(29)27-14-12-26(13-15-27)22-17-21(25)10-9-19(22)2/h7-10,16-17H,5-6,11-15H2,1-4H3. The van der Waals surface area contributed by atoms with Crippen molar-refractivity contribution in [1.29, 1.82) is 0 Å². The third-order valence-corrected chi connectivity index (χ3v) is 7.34. The van der Waals surface area contributed by atoms with Crippen LogP contribution in [0, 0.1) is 20.8 Å². The molecule has 1 aliphatic rings. The van der Waals surface area contributed by atoms with Gasteiger partial charge < -0.3 is 9.80 Å². The molecule has 1 aliphatic heterocycles. The van der Waals surface area contributed by atoms with Gasteiger partial charge in [-0.15, -0.1) is 0 Å². The number of piperazine rings is 1. The molecule has 1 saturated heterocycles. The van der Waals surface area contributed by atoms with Crippen LogP contribution in [0.25, 0.3) is 0 Å². The highest BCUT2D eigenvalue weighted by Crippen LogP contribution is 2.26. The molecule has 0 aliphatic carbocycles. The summed E-state index contributed by atoms with van der Waals surface area (Å²) >= 11 is 6.15. The monoisotopic (exact) mass is 477 g/mol. The zero-order valence-electron chi connectivity index (χ0n) is 19.3. The highest BCUT2D eigenvalue weighted by atomic mass is 35.5. The van der Waals surface area contributed by atoms with Crippen molar-refractivity contribution in [3.8, 4) is 0 Å². The Morgan fingerprint density at radius 2 is 1.66 bits per heavy atom. The predicted octanol–water partition coefficient (Wildman–Crippen LogP) is 4.16. The topological polar surface area (TPSA) is 60.9 Å². The quantitative estimate of drug-likeness (QED) is 0.600. The average molecular weight is 478 g/mol. The second kappa shape index (κ2) is 10.1. The SMILES string of the molecule is Cc1ccc(C)c(N(CCCC(=O)N2CCN(c3cc(Cl)ccc3C)CC2)S(C)(=O)=O)c1. The second-order valence-corrected chi connectivity index (χ2v) is 10.9. The number of sulfonamides is 1. The lowest BCUT2D eigenvalue weighted by atomic mass is 10.1. The summed E-state index contributed by atoms with van der Waals surface area (Å²) in [5.41, 5.74) is 4.87. The fraction of sp³-hybridized carbons (Fsp3) is 0.458. The Kier molecular flexibility index (Phi) is 7.72. The number of anilines is 2. The number of carbonyl (C=O) groups excluding carboxylic acids is 1. The van der Waals surface area contributed by atoms with Crippen molar-refractivity contribution < 1.29 is 13.2 Å². The maximum absolute atomic E-state index is 12.8. The lowest BCUT2D eigenvalue weighted by Crippen LogP contribution is -2.49. The molecule has 0 radical (unpaired) electrons. The number of nitrogens with zero attached hydrogens (tertiary/aromatic N) is 3. The normalized spacial score (nSPS) is 14.5. The number of benzene rings is 2. The summed E-state index contributed by atoms with van der Waals surface area (Å²) in [5.74, 6) is 0.0712. The Morgan fingerprint density at radius 3 is 2.31 bits per heavy atom. The minimum Gasteiger partial charge on any atom is -0.368 e. The van der Waals surface area contributed by atoms with Crippen molar-refractivity contribution in [2.75, 3.05) is 48.2 Å². The fourth-order valence-corrected chi connectivity index (χ4v) is 5.29. The lowest BCUT2D eigenvalue weighted by Gasteiger charge is -2.37. The van der Waals surface area contributed by atoms with Gasteiger partial charge in [-0.25, -0.2) is 8.42 Å². The largest absolute Gasteiger partial charge is 0.368 e. The van der Waals surface area contributed by atoms with Gasteiger partial charge in [0.2, 0.25) is 15.9 Å². The van der Waals surface area contributed by atoms with Crippen LogP contribution in [0.5, 0.6) is 0 Å². The summed E-state index contributed by atoms with van der Waals surface area (Å²) < 4.78 is 26.2. The molecule has 1 amide bonds. The maximum Gasteiger partial charge on any atom is 0.232 e. The van der Waals surface area contributed by atoms with E-state index in [0.29, 0.717) is 36.6 Å². The van der Waals surface area contributed by atoms with Crippen molar-refractivity contribution in [3.63, 3.8) is 0 Å². The molecule has 8 heteroatoms. The van der Waals surface area contributed by atoms with Crippen molar-refractivity contribution in [1.82, 2.24) is 4.90 Å². The number of carbonyl (C=O) groups is 1. The first-order valence-electron chi connectivity index (χ1n) is 10.9. The first-order chi connectivity index (χ1) is 15.1. The molecule has 0 spiro atoms. The summed E-state index contributed by atoms with van der Waals surface area (Å²) in [5, 5.41) is 0.711. The van der Waals surface area contributed by atoms with E-state index in [1.165, 1.54) is 16.1 Å². The van der Waals surface area contributed by atoms with E-state index in [1.54, 1.807) is 0 Å². The summed E-state index contributed by atoms with van der Waals surface area (Å²) in [6.07, 6.45) is 2.02. The number of aryl methyl sites for hydroxylation is 3. The average Bonchev–Trinajstić information content (AvgIpc) is 2.74. The van der Waals surface area contributed by atoms with E-state index in [-0.39, 0.29) is 12.5 Å². The Morgan fingerprint density at radius 1 is 1.00 bits per heavy atom. The van der Waals surface area contributed by atoms with E-state index in [2.05, 4.69) is 11.8 Å². The smallest absolute Gasteiger partial charge is 0.232 e. The third kappa shape index (κ3) is 5.95. The molecule has 0 atom stereocenters. The molecule has 0 saturated carbocycles. The molecule has 2 aromatic rings. The van der Waals surface area contributed by atoms with Crippen molar-refractivity contribution in [3.05, 3.63) is 58.1 Å². The van der Waals surface area contributed by atoms with Gasteiger partial charge in [0.05, 0.1) is 11.9 Å². The van der Waals surface area contributed by atoms with Crippen LogP contribution in [-0.4, -0.2) is 58.2 Å². The van der Waals surface area contributed by atoms with Gasteiger partial charge >= 0.3 is 0 Å². The summed E-state index contributed by atoms with van der Waals surface area (Å²) in [6, 6.07) is 11.6. The van der Waals surface area contributed by atoms with Crippen LogP contribution < -0.4 is 9.21 Å². The molecule has 0 bridgehead atoms. The van der Waals surface area contributed by atoms with Gasteiger partial charge in [-0.2, -0.15) is 0 Å². The first-order valence-corrected chi connectivity index (χ1v) is 13.1. The van der Waals surface area contributed by atoms with E-state index >= 15 is 0 Å². The van der Waals surface area contributed by atoms with Gasteiger partial charge in [0.15, 0.2) is 0 Å². The molecular formula is C24H32ClN3O3S. The van der Waals surface area contributed by atoms with E-state index < -0.39 is 10.0 Å². The molecule has 0 unspecified atom stereocenters. The van der Waals surface area contributed by atoms with Gasteiger partial charge in [-0.1, -0.05) is 29.8 Å². The van der Waals surface area contributed by atoms with Crippen molar-refractivity contribution in [2.24, 2.45) is 0 Å². The highest BCUT2D eigenvalue weighted by molar-refractivity contribution is 7.92. The number of halogens is 1. The van der Waals surface area contributed by atoms with Gasteiger partial charge in [0.1, 0.15) is 0 Å². The minimum atomic E-state index is -3.43. The van der Waals surface area contributed by atoms with Gasteiger partial charge in [0.25, 0.3) is 0 Å². The van der Waals surface area contributed by atoms with Crippen LogP contribution in [0.4, 0.5) is 11.4 Å². The molecule has 6 nitrogen and oxygen atoms in total. The van der Waals surface area contributed by atoms with Gasteiger partial charge in [-0.3, -0.25) is 9.10 Å². The Bertz CT molecular complexity index is 1080. The third-order valence-electron chi connectivity index (χ3n) is 5.93. The molecule has 1 heterocycles. The Labute approximate surface area is 196 Å². The van der Waals surface area contributed by atoms with E-state index in [1.807, 2.05) is 55.1 Å². The van der Waals surface area contributed by atoms with Crippen LogP contribution >= 0.6 is 11.6 Å². The summed E-state index contributed by atoms with van der Waals surface area (Å²) in [4.78, 5) is 16.9. The maximum atomic E-state index is 12.8. The molecule has 0 N–H and O–H groups in total. The zero-order valence-corrected chi connectivity index (χ0v) is 20.8.